The third-order valence-electron chi connectivity index (χ3n) is 1.75. The van der Waals surface area contributed by atoms with Crippen molar-refractivity contribution >= 4 is 28.3 Å². The standard InChI is InChI=1S/C8H4ClN3O2/c9-6-1-2-10-7-3-8(12(13)14)11-4-5(6)7/h1-4H. The zero-order valence-corrected chi connectivity index (χ0v) is 7.60. The SMILES string of the molecule is O=[N+]([O-])c1cc2nccc(Cl)c2cn1. The van der Waals surface area contributed by atoms with E-state index in [9.17, 15) is 10.1 Å². The van der Waals surface area contributed by atoms with Crippen LogP contribution in [0.2, 0.25) is 5.02 Å². The first-order chi connectivity index (χ1) is 6.68. The minimum Gasteiger partial charge on any atom is -0.358 e. The number of aromatic nitrogens is 2. The topological polar surface area (TPSA) is 68.9 Å². The fourth-order valence-electron chi connectivity index (χ4n) is 1.10. The van der Waals surface area contributed by atoms with Gasteiger partial charge in [0.15, 0.2) is 6.20 Å². The summed E-state index contributed by atoms with van der Waals surface area (Å²) in [5.41, 5.74) is 0.471. The molecule has 0 N–H and O–H groups in total. The maximum absolute atomic E-state index is 10.4. The largest absolute Gasteiger partial charge is 0.365 e. The van der Waals surface area contributed by atoms with Crippen molar-refractivity contribution in [1.82, 2.24) is 9.97 Å². The summed E-state index contributed by atoms with van der Waals surface area (Å²) in [6.07, 6.45) is 2.84. The van der Waals surface area contributed by atoms with Crippen LogP contribution in [0, 0.1) is 10.1 Å². The number of hydrogen-bond donors (Lipinski definition) is 0. The molecule has 0 aliphatic rings. The highest BCUT2D eigenvalue weighted by molar-refractivity contribution is 6.35. The summed E-state index contributed by atoms with van der Waals surface area (Å²) in [5, 5.41) is 11.5. The number of pyridine rings is 2. The normalized spacial score (nSPS) is 10.4. The van der Waals surface area contributed by atoms with E-state index in [1.165, 1.54) is 18.5 Å². The number of hydrogen-bond acceptors (Lipinski definition) is 4. The van der Waals surface area contributed by atoms with Gasteiger partial charge >= 0.3 is 5.82 Å². The summed E-state index contributed by atoms with van der Waals surface area (Å²) in [6.45, 7) is 0. The second kappa shape index (κ2) is 3.19. The fraction of sp³-hybridized carbons (Fsp3) is 0. The van der Waals surface area contributed by atoms with E-state index >= 15 is 0 Å². The molecular weight excluding hydrogens is 206 g/mol. The first-order valence-electron chi connectivity index (χ1n) is 3.73. The number of nitro groups is 1. The Balaban J connectivity index is 2.73. The van der Waals surface area contributed by atoms with Crippen LogP contribution >= 0.6 is 11.6 Å². The Kier molecular flexibility index (Phi) is 2.01. The lowest BCUT2D eigenvalue weighted by Gasteiger charge is -1.96. The van der Waals surface area contributed by atoms with E-state index in [0.29, 0.717) is 15.9 Å². The first kappa shape index (κ1) is 8.83. The molecule has 0 bridgehead atoms. The van der Waals surface area contributed by atoms with Crippen molar-refractivity contribution in [1.29, 1.82) is 0 Å². The van der Waals surface area contributed by atoms with Gasteiger partial charge in [0, 0.05) is 6.20 Å². The molecule has 2 aromatic rings. The predicted octanol–water partition coefficient (Wildman–Crippen LogP) is 2.19. The number of rotatable bonds is 1. The summed E-state index contributed by atoms with van der Waals surface area (Å²) >= 11 is 5.84. The van der Waals surface area contributed by atoms with Crippen LogP contribution in [0.3, 0.4) is 0 Å². The summed E-state index contributed by atoms with van der Waals surface area (Å²) in [4.78, 5) is 17.4. The lowest BCUT2D eigenvalue weighted by Crippen LogP contribution is -1.92. The van der Waals surface area contributed by atoms with Gasteiger partial charge in [-0.1, -0.05) is 11.6 Å². The Morgan fingerprint density at radius 3 is 2.93 bits per heavy atom. The number of fused-ring (bicyclic) bond motifs is 1. The van der Waals surface area contributed by atoms with E-state index in [-0.39, 0.29) is 5.82 Å². The van der Waals surface area contributed by atoms with Crippen LogP contribution in [0.1, 0.15) is 0 Å². The van der Waals surface area contributed by atoms with Gasteiger partial charge in [0.1, 0.15) is 0 Å². The van der Waals surface area contributed by atoms with Crippen LogP contribution in [0.25, 0.3) is 10.9 Å². The van der Waals surface area contributed by atoms with Crippen molar-refractivity contribution in [3.8, 4) is 0 Å². The Morgan fingerprint density at radius 2 is 2.21 bits per heavy atom. The Labute approximate surface area is 83.5 Å². The molecule has 0 aromatic carbocycles. The second-order valence-corrected chi connectivity index (χ2v) is 3.02. The number of nitrogens with zero attached hydrogens (tertiary/aromatic N) is 3. The van der Waals surface area contributed by atoms with Crippen molar-refractivity contribution in [2.45, 2.75) is 0 Å². The van der Waals surface area contributed by atoms with Gasteiger partial charge < -0.3 is 10.1 Å². The molecule has 5 nitrogen and oxygen atoms in total. The predicted molar refractivity (Wildman–Crippen MR) is 51.2 cm³/mol. The molecule has 0 fully saturated rings. The molecule has 0 atom stereocenters. The average Bonchev–Trinajstić information content (AvgIpc) is 2.17. The van der Waals surface area contributed by atoms with Gasteiger partial charge in [-0.25, -0.2) is 0 Å². The highest BCUT2D eigenvalue weighted by Gasteiger charge is 2.10. The zero-order chi connectivity index (χ0) is 10.1. The Hall–Kier alpha value is -1.75. The highest BCUT2D eigenvalue weighted by Crippen LogP contribution is 2.22. The molecule has 6 heteroatoms. The third-order valence-corrected chi connectivity index (χ3v) is 2.08. The van der Waals surface area contributed by atoms with Crippen molar-refractivity contribution in [3.05, 3.63) is 39.7 Å². The molecule has 0 radical (unpaired) electrons. The molecule has 2 aromatic heterocycles. The zero-order valence-electron chi connectivity index (χ0n) is 6.85. The lowest BCUT2D eigenvalue weighted by molar-refractivity contribution is -0.389. The quantitative estimate of drug-likeness (QED) is 0.533. The molecule has 2 heterocycles. The van der Waals surface area contributed by atoms with Gasteiger partial charge in [-0.15, -0.1) is 0 Å². The van der Waals surface area contributed by atoms with Crippen molar-refractivity contribution < 1.29 is 4.92 Å². The Bertz CT molecular complexity index is 515. The second-order valence-electron chi connectivity index (χ2n) is 2.61. The van der Waals surface area contributed by atoms with Crippen LogP contribution in [0.4, 0.5) is 5.82 Å². The van der Waals surface area contributed by atoms with E-state index in [4.69, 9.17) is 11.6 Å². The number of halogens is 1. The molecule has 0 saturated heterocycles. The minimum atomic E-state index is -0.567. The van der Waals surface area contributed by atoms with Crippen LogP contribution in [0.5, 0.6) is 0 Å². The monoisotopic (exact) mass is 209 g/mol. The Morgan fingerprint density at radius 1 is 1.43 bits per heavy atom. The minimum absolute atomic E-state index is 0.229. The average molecular weight is 210 g/mol. The van der Waals surface area contributed by atoms with Crippen LogP contribution < -0.4 is 0 Å². The molecule has 70 valence electrons. The van der Waals surface area contributed by atoms with Gasteiger partial charge in [0.2, 0.25) is 0 Å². The lowest BCUT2D eigenvalue weighted by atomic mass is 10.3. The van der Waals surface area contributed by atoms with E-state index in [1.54, 1.807) is 6.07 Å². The van der Waals surface area contributed by atoms with Gasteiger partial charge in [-0.05, 0) is 16.0 Å². The van der Waals surface area contributed by atoms with Crippen molar-refractivity contribution in [2.75, 3.05) is 0 Å². The molecule has 0 aliphatic carbocycles. The van der Waals surface area contributed by atoms with Crippen molar-refractivity contribution in [3.63, 3.8) is 0 Å². The molecule has 0 unspecified atom stereocenters. The molecular formula is C8H4ClN3O2. The van der Waals surface area contributed by atoms with Gasteiger partial charge in [-0.3, -0.25) is 4.98 Å². The third kappa shape index (κ3) is 1.38. The van der Waals surface area contributed by atoms with E-state index in [1.807, 2.05) is 0 Å². The molecule has 0 saturated carbocycles. The summed E-state index contributed by atoms with van der Waals surface area (Å²) in [5.74, 6) is -0.229. The molecule has 0 aliphatic heterocycles. The maximum Gasteiger partial charge on any atom is 0.365 e. The molecule has 14 heavy (non-hydrogen) atoms. The summed E-state index contributed by atoms with van der Waals surface area (Å²) in [6, 6.07) is 2.90. The molecule has 0 amide bonds. The van der Waals surface area contributed by atoms with Crippen molar-refractivity contribution in [2.24, 2.45) is 0 Å². The van der Waals surface area contributed by atoms with Crippen LogP contribution in [0.15, 0.2) is 24.5 Å². The first-order valence-corrected chi connectivity index (χ1v) is 4.11. The fourth-order valence-corrected chi connectivity index (χ4v) is 1.30. The van der Waals surface area contributed by atoms with Gasteiger partial charge in [0.25, 0.3) is 0 Å². The summed E-state index contributed by atoms with van der Waals surface area (Å²) in [7, 11) is 0. The molecule has 2 rings (SSSR count). The summed E-state index contributed by atoms with van der Waals surface area (Å²) < 4.78 is 0. The van der Waals surface area contributed by atoms with E-state index in [0.717, 1.165) is 0 Å². The van der Waals surface area contributed by atoms with Crippen LogP contribution in [-0.2, 0) is 0 Å². The van der Waals surface area contributed by atoms with Crippen LogP contribution in [-0.4, -0.2) is 14.9 Å². The highest BCUT2D eigenvalue weighted by atomic mass is 35.5. The van der Waals surface area contributed by atoms with Gasteiger partial charge in [-0.2, -0.15) is 0 Å². The van der Waals surface area contributed by atoms with Gasteiger partial charge in [0.05, 0.1) is 22.0 Å². The molecule has 0 spiro atoms. The smallest absolute Gasteiger partial charge is 0.358 e. The maximum atomic E-state index is 10.4. The van der Waals surface area contributed by atoms with E-state index in [2.05, 4.69) is 9.97 Å². The van der Waals surface area contributed by atoms with E-state index < -0.39 is 4.92 Å².